The molecule has 0 fully saturated rings. The normalized spacial score (nSPS) is 12.9. The molecule has 0 radical (unpaired) electrons. The molecule has 0 aliphatic rings. The highest BCUT2D eigenvalue weighted by Crippen LogP contribution is 2.29. The molecule has 2 nitrogen and oxygen atoms in total. The zero-order valence-electron chi connectivity index (χ0n) is 8.37. The quantitative estimate of drug-likeness (QED) is 0.924. The standard InChI is InChI=1S/C11H12BrNOS/c1-2-13-11(9-4-3-5-14-9)8-6-10(12)15-7-8/h3-7,11,13H,2H2,1H3. The van der Waals surface area contributed by atoms with Gasteiger partial charge >= 0.3 is 0 Å². The molecule has 0 bridgehead atoms. The molecule has 2 rings (SSSR count). The molecule has 1 unspecified atom stereocenters. The fourth-order valence-electron chi connectivity index (χ4n) is 1.52. The molecule has 0 amide bonds. The number of hydrogen-bond donors (Lipinski definition) is 1. The van der Waals surface area contributed by atoms with Crippen molar-refractivity contribution in [3.63, 3.8) is 0 Å². The lowest BCUT2D eigenvalue weighted by Crippen LogP contribution is -2.20. The number of rotatable bonds is 4. The first-order valence-corrected chi connectivity index (χ1v) is 6.49. The van der Waals surface area contributed by atoms with Crippen LogP contribution in [0.4, 0.5) is 0 Å². The van der Waals surface area contributed by atoms with Crippen molar-refractivity contribution in [2.45, 2.75) is 13.0 Å². The van der Waals surface area contributed by atoms with Gasteiger partial charge in [-0.15, -0.1) is 11.3 Å². The molecule has 0 saturated carbocycles. The first kappa shape index (κ1) is 10.9. The highest BCUT2D eigenvalue weighted by Gasteiger charge is 2.16. The van der Waals surface area contributed by atoms with E-state index in [0.717, 1.165) is 16.1 Å². The summed E-state index contributed by atoms with van der Waals surface area (Å²) in [6, 6.07) is 6.20. The lowest BCUT2D eigenvalue weighted by Gasteiger charge is -2.13. The third-order valence-corrected chi connectivity index (χ3v) is 3.68. The van der Waals surface area contributed by atoms with Gasteiger partial charge in [-0.1, -0.05) is 6.92 Å². The van der Waals surface area contributed by atoms with Gasteiger partial charge in [-0.05, 0) is 51.6 Å². The van der Waals surface area contributed by atoms with Crippen molar-refractivity contribution in [3.8, 4) is 0 Å². The number of nitrogens with one attached hydrogen (secondary N) is 1. The van der Waals surface area contributed by atoms with E-state index in [1.165, 1.54) is 5.56 Å². The van der Waals surface area contributed by atoms with Crippen LogP contribution in [0.1, 0.15) is 24.3 Å². The van der Waals surface area contributed by atoms with Crippen molar-refractivity contribution in [1.82, 2.24) is 5.32 Å². The Morgan fingerprint density at radius 1 is 1.60 bits per heavy atom. The zero-order chi connectivity index (χ0) is 10.7. The summed E-state index contributed by atoms with van der Waals surface area (Å²) in [6.07, 6.45) is 1.71. The Bertz CT molecular complexity index is 410. The van der Waals surface area contributed by atoms with Crippen LogP contribution in [0.15, 0.2) is 38.0 Å². The van der Waals surface area contributed by atoms with Gasteiger partial charge in [-0.2, -0.15) is 0 Å². The van der Waals surface area contributed by atoms with Gasteiger partial charge in [0.25, 0.3) is 0 Å². The molecule has 0 aromatic carbocycles. The Morgan fingerprint density at radius 2 is 2.47 bits per heavy atom. The topological polar surface area (TPSA) is 25.2 Å². The predicted molar refractivity (Wildman–Crippen MR) is 66.2 cm³/mol. The van der Waals surface area contributed by atoms with Gasteiger partial charge in [0.05, 0.1) is 16.1 Å². The molecule has 0 spiro atoms. The summed E-state index contributed by atoms with van der Waals surface area (Å²) in [4.78, 5) is 0. The summed E-state index contributed by atoms with van der Waals surface area (Å²) in [5, 5.41) is 5.55. The smallest absolute Gasteiger partial charge is 0.125 e. The summed E-state index contributed by atoms with van der Waals surface area (Å²) in [5.74, 6) is 0.960. The summed E-state index contributed by atoms with van der Waals surface area (Å²) in [7, 11) is 0. The van der Waals surface area contributed by atoms with E-state index in [2.05, 4.69) is 39.6 Å². The zero-order valence-corrected chi connectivity index (χ0v) is 10.8. The molecular formula is C11H12BrNOS. The second-order valence-corrected chi connectivity index (χ2v) is 5.48. The molecule has 80 valence electrons. The maximum atomic E-state index is 5.44. The maximum absolute atomic E-state index is 5.44. The van der Waals surface area contributed by atoms with Crippen LogP contribution in [-0.4, -0.2) is 6.54 Å². The molecule has 1 N–H and O–H groups in total. The Labute approximate surface area is 101 Å². The predicted octanol–water partition coefficient (Wildman–Crippen LogP) is 3.80. The second kappa shape index (κ2) is 4.96. The van der Waals surface area contributed by atoms with Gasteiger partial charge in [-0.25, -0.2) is 0 Å². The molecule has 2 aromatic rings. The minimum Gasteiger partial charge on any atom is -0.467 e. The summed E-state index contributed by atoms with van der Waals surface area (Å²) >= 11 is 5.17. The van der Waals surface area contributed by atoms with Crippen molar-refractivity contribution in [2.24, 2.45) is 0 Å². The summed E-state index contributed by atoms with van der Waals surface area (Å²) in [5.41, 5.74) is 1.24. The minimum absolute atomic E-state index is 0.160. The Balaban J connectivity index is 2.27. The van der Waals surface area contributed by atoms with Crippen LogP contribution in [0.5, 0.6) is 0 Å². The number of halogens is 1. The van der Waals surface area contributed by atoms with E-state index < -0.39 is 0 Å². The number of furan rings is 1. The number of thiophene rings is 1. The molecule has 2 heterocycles. The monoisotopic (exact) mass is 285 g/mol. The first-order chi connectivity index (χ1) is 7.31. The third-order valence-electron chi connectivity index (χ3n) is 2.16. The van der Waals surface area contributed by atoms with Gasteiger partial charge in [0.2, 0.25) is 0 Å². The van der Waals surface area contributed by atoms with Crippen LogP contribution in [0, 0.1) is 0 Å². The molecule has 2 aromatic heterocycles. The van der Waals surface area contributed by atoms with Crippen LogP contribution in [0.2, 0.25) is 0 Å². The highest BCUT2D eigenvalue weighted by molar-refractivity contribution is 9.11. The van der Waals surface area contributed by atoms with E-state index in [0.29, 0.717) is 0 Å². The highest BCUT2D eigenvalue weighted by atomic mass is 79.9. The van der Waals surface area contributed by atoms with E-state index in [9.17, 15) is 0 Å². The van der Waals surface area contributed by atoms with Gasteiger partial charge in [0.1, 0.15) is 5.76 Å². The van der Waals surface area contributed by atoms with Gasteiger partial charge in [-0.3, -0.25) is 0 Å². The molecule has 15 heavy (non-hydrogen) atoms. The Morgan fingerprint density at radius 3 is 3.00 bits per heavy atom. The molecule has 1 atom stereocenters. The van der Waals surface area contributed by atoms with E-state index in [4.69, 9.17) is 4.42 Å². The first-order valence-electron chi connectivity index (χ1n) is 4.82. The van der Waals surface area contributed by atoms with Crippen LogP contribution < -0.4 is 5.32 Å². The summed E-state index contributed by atoms with van der Waals surface area (Å²) < 4.78 is 6.58. The fraction of sp³-hybridized carbons (Fsp3) is 0.273. The van der Waals surface area contributed by atoms with E-state index in [1.807, 2.05) is 12.1 Å². The van der Waals surface area contributed by atoms with Crippen LogP contribution in [0.3, 0.4) is 0 Å². The van der Waals surface area contributed by atoms with E-state index in [1.54, 1.807) is 17.6 Å². The van der Waals surface area contributed by atoms with Crippen molar-refractivity contribution in [3.05, 3.63) is 45.0 Å². The van der Waals surface area contributed by atoms with E-state index >= 15 is 0 Å². The van der Waals surface area contributed by atoms with Crippen molar-refractivity contribution in [2.75, 3.05) is 6.54 Å². The molecule has 0 saturated heterocycles. The van der Waals surface area contributed by atoms with Crippen LogP contribution in [-0.2, 0) is 0 Å². The average Bonchev–Trinajstić information content (AvgIpc) is 2.85. The van der Waals surface area contributed by atoms with E-state index in [-0.39, 0.29) is 6.04 Å². The van der Waals surface area contributed by atoms with Crippen molar-refractivity contribution in [1.29, 1.82) is 0 Å². The van der Waals surface area contributed by atoms with Crippen molar-refractivity contribution >= 4 is 27.3 Å². The molecule has 4 heteroatoms. The number of hydrogen-bond acceptors (Lipinski definition) is 3. The second-order valence-electron chi connectivity index (χ2n) is 3.19. The fourth-order valence-corrected chi connectivity index (χ4v) is 2.72. The lowest BCUT2D eigenvalue weighted by atomic mass is 10.1. The van der Waals surface area contributed by atoms with Gasteiger partial charge in [0.15, 0.2) is 0 Å². The Hall–Kier alpha value is -0.580. The molecular weight excluding hydrogens is 274 g/mol. The third kappa shape index (κ3) is 2.51. The molecule has 0 aliphatic carbocycles. The average molecular weight is 286 g/mol. The maximum Gasteiger partial charge on any atom is 0.125 e. The molecule has 0 aliphatic heterocycles. The largest absolute Gasteiger partial charge is 0.467 e. The SMILES string of the molecule is CCNC(c1csc(Br)c1)c1ccco1. The summed E-state index contributed by atoms with van der Waals surface area (Å²) in [6.45, 7) is 3.01. The lowest BCUT2D eigenvalue weighted by molar-refractivity contribution is 0.453. The van der Waals surface area contributed by atoms with Gasteiger partial charge < -0.3 is 9.73 Å². The van der Waals surface area contributed by atoms with Crippen molar-refractivity contribution < 1.29 is 4.42 Å². The van der Waals surface area contributed by atoms with Crippen LogP contribution in [0.25, 0.3) is 0 Å². The Kier molecular flexibility index (Phi) is 3.61. The van der Waals surface area contributed by atoms with Crippen LogP contribution >= 0.6 is 27.3 Å². The minimum atomic E-state index is 0.160. The van der Waals surface area contributed by atoms with Gasteiger partial charge in [0, 0.05) is 0 Å².